The number of ketones is 1. The quantitative estimate of drug-likeness (QED) is 0.505. The zero-order valence-electron chi connectivity index (χ0n) is 17.1. The standard InChI is InChI=1S/C20H32N4O4/c1-13(2)11-16(24-20(28)21-4)17(25)12-15-7-5-6-10-22-18(26)9-8-14(3)23-19(15)27/h5,7-9,13-16H,6,10-12H2,1-4H3,(H,22,26)(H,23,27)(H2,21,24,28)/b7-5+,9-8+/t14-,15+,16?/m0/s1. The van der Waals surface area contributed by atoms with Crippen molar-refractivity contribution in [2.24, 2.45) is 11.8 Å². The van der Waals surface area contributed by atoms with Gasteiger partial charge in [-0.15, -0.1) is 0 Å². The Morgan fingerprint density at radius 1 is 1.25 bits per heavy atom. The third-order valence-electron chi connectivity index (χ3n) is 4.27. The van der Waals surface area contributed by atoms with E-state index >= 15 is 0 Å². The van der Waals surface area contributed by atoms with E-state index in [4.69, 9.17) is 0 Å². The first kappa shape index (κ1) is 23.4. The van der Waals surface area contributed by atoms with E-state index in [1.165, 1.54) is 13.1 Å². The number of amides is 4. The second-order valence-electron chi connectivity index (χ2n) is 7.35. The van der Waals surface area contributed by atoms with Gasteiger partial charge in [-0.1, -0.05) is 32.1 Å². The highest BCUT2D eigenvalue weighted by molar-refractivity contribution is 5.93. The maximum absolute atomic E-state index is 12.8. The summed E-state index contributed by atoms with van der Waals surface area (Å²) in [4.78, 5) is 48.7. The third kappa shape index (κ3) is 8.83. The van der Waals surface area contributed by atoms with Crippen molar-refractivity contribution in [2.45, 2.75) is 52.1 Å². The van der Waals surface area contributed by atoms with E-state index in [2.05, 4.69) is 21.3 Å². The van der Waals surface area contributed by atoms with E-state index in [9.17, 15) is 19.2 Å². The number of urea groups is 1. The van der Waals surface area contributed by atoms with E-state index < -0.39 is 18.0 Å². The van der Waals surface area contributed by atoms with E-state index in [-0.39, 0.29) is 36.0 Å². The lowest BCUT2D eigenvalue weighted by Gasteiger charge is -2.22. The largest absolute Gasteiger partial charge is 0.352 e. The van der Waals surface area contributed by atoms with Crippen LogP contribution in [0.1, 0.15) is 40.0 Å². The van der Waals surface area contributed by atoms with Gasteiger partial charge >= 0.3 is 6.03 Å². The second kappa shape index (κ2) is 11.9. The van der Waals surface area contributed by atoms with Gasteiger partial charge in [0.05, 0.1) is 12.0 Å². The normalized spacial score (nSPS) is 24.0. The first-order valence-corrected chi connectivity index (χ1v) is 9.67. The number of nitrogens with one attached hydrogen (secondary N) is 4. The predicted octanol–water partition coefficient (Wildman–Crippen LogP) is 1.04. The minimum absolute atomic E-state index is 0.00743. The van der Waals surface area contributed by atoms with Crippen LogP contribution in [0.4, 0.5) is 4.79 Å². The number of hydrogen-bond acceptors (Lipinski definition) is 4. The van der Waals surface area contributed by atoms with Crippen molar-refractivity contribution in [3.05, 3.63) is 24.3 Å². The molecule has 0 fully saturated rings. The van der Waals surface area contributed by atoms with Crippen LogP contribution in [0.2, 0.25) is 0 Å². The fourth-order valence-corrected chi connectivity index (χ4v) is 2.79. The third-order valence-corrected chi connectivity index (χ3v) is 4.27. The number of rotatable bonds is 6. The smallest absolute Gasteiger partial charge is 0.315 e. The molecule has 8 nitrogen and oxygen atoms in total. The van der Waals surface area contributed by atoms with Crippen LogP contribution in [0.25, 0.3) is 0 Å². The zero-order valence-corrected chi connectivity index (χ0v) is 17.1. The van der Waals surface area contributed by atoms with Gasteiger partial charge in [-0.05, 0) is 25.7 Å². The van der Waals surface area contributed by atoms with Gasteiger partial charge in [0.2, 0.25) is 11.8 Å². The molecule has 0 aromatic carbocycles. The Morgan fingerprint density at radius 2 is 1.96 bits per heavy atom. The van der Waals surface area contributed by atoms with Crippen molar-refractivity contribution >= 4 is 23.6 Å². The van der Waals surface area contributed by atoms with Gasteiger partial charge in [0.25, 0.3) is 0 Å². The minimum atomic E-state index is -0.654. The van der Waals surface area contributed by atoms with Gasteiger partial charge in [0.1, 0.15) is 0 Å². The topological polar surface area (TPSA) is 116 Å². The molecule has 1 rings (SSSR count). The van der Waals surface area contributed by atoms with Crippen LogP contribution < -0.4 is 21.3 Å². The molecule has 0 aromatic rings. The number of carbonyl (C=O) groups is 4. The van der Waals surface area contributed by atoms with E-state index in [1.807, 2.05) is 13.8 Å². The lowest BCUT2D eigenvalue weighted by molar-refractivity contribution is -0.129. The Bertz CT molecular complexity index is 628. The summed E-state index contributed by atoms with van der Waals surface area (Å²) in [5, 5.41) is 10.7. The van der Waals surface area contributed by atoms with Crippen molar-refractivity contribution in [3.63, 3.8) is 0 Å². The summed E-state index contributed by atoms with van der Waals surface area (Å²) < 4.78 is 0. The molecule has 3 atom stereocenters. The van der Waals surface area contributed by atoms with E-state index in [0.29, 0.717) is 19.4 Å². The fourth-order valence-electron chi connectivity index (χ4n) is 2.79. The Kier molecular flexibility index (Phi) is 9.98. The van der Waals surface area contributed by atoms with Crippen molar-refractivity contribution in [1.82, 2.24) is 21.3 Å². The van der Waals surface area contributed by atoms with Crippen LogP contribution in [0.3, 0.4) is 0 Å². The summed E-state index contributed by atoms with van der Waals surface area (Å²) in [6, 6.07) is -1.43. The number of hydrogen-bond donors (Lipinski definition) is 4. The summed E-state index contributed by atoms with van der Waals surface area (Å²) in [5.41, 5.74) is 0. The van der Waals surface area contributed by atoms with Crippen LogP contribution in [-0.4, -0.2) is 49.3 Å². The molecule has 1 aliphatic heterocycles. The second-order valence-corrected chi connectivity index (χ2v) is 7.35. The Balaban J connectivity index is 2.90. The first-order valence-electron chi connectivity index (χ1n) is 9.67. The molecule has 4 amide bonds. The molecule has 1 heterocycles. The summed E-state index contributed by atoms with van der Waals surface area (Å²) in [6.45, 7) is 6.14. The van der Waals surface area contributed by atoms with Crippen LogP contribution in [0, 0.1) is 11.8 Å². The average molecular weight is 393 g/mol. The molecular formula is C20H32N4O4. The molecule has 156 valence electrons. The molecule has 0 aliphatic carbocycles. The predicted molar refractivity (Wildman–Crippen MR) is 107 cm³/mol. The molecule has 1 aliphatic rings. The highest BCUT2D eigenvalue weighted by Crippen LogP contribution is 2.14. The van der Waals surface area contributed by atoms with Crippen molar-refractivity contribution in [3.8, 4) is 0 Å². The molecule has 8 heteroatoms. The van der Waals surface area contributed by atoms with Crippen molar-refractivity contribution in [2.75, 3.05) is 13.6 Å². The van der Waals surface area contributed by atoms with Crippen LogP contribution >= 0.6 is 0 Å². The molecule has 0 saturated carbocycles. The molecule has 0 radical (unpaired) electrons. The minimum Gasteiger partial charge on any atom is -0.352 e. The summed E-state index contributed by atoms with van der Waals surface area (Å²) in [6.07, 6.45) is 7.52. The van der Waals surface area contributed by atoms with Crippen LogP contribution in [0.15, 0.2) is 24.3 Å². The monoisotopic (exact) mass is 392 g/mol. The maximum atomic E-state index is 12.8. The van der Waals surface area contributed by atoms with E-state index in [0.717, 1.165) is 0 Å². The van der Waals surface area contributed by atoms with Gasteiger partial charge in [-0.3, -0.25) is 14.4 Å². The molecule has 0 spiro atoms. The van der Waals surface area contributed by atoms with Gasteiger partial charge in [0.15, 0.2) is 5.78 Å². The van der Waals surface area contributed by atoms with Crippen molar-refractivity contribution < 1.29 is 19.2 Å². The van der Waals surface area contributed by atoms with Crippen LogP contribution in [0.5, 0.6) is 0 Å². The Labute approximate surface area is 166 Å². The first-order chi connectivity index (χ1) is 13.2. The van der Waals surface area contributed by atoms with Gasteiger partial charge in [-0.2, -0.15) is 0 Å². The molecule has 4 N–H and O–H groups in total. The summed E-state index contributed by atoms with van der Waals surface area (Å²) in [7, 11) is 1.49. The van der Waals surface area contributed by atoms with E-state index in [1.54, 1.807) is 25.2 Å². The fraction of sp³-hybridized carbons (Fsp3) is 0.600. The molecule has 0 aromatic heterocycles. The highest BCUT2D eigenvalue weighted by atomic mass is 16.2. The highest BCUT2D eigenvalue weighted by Gasteiger charge is 2.27. The molecule has 28 heavy (non-hydrogen) atoms. The maximum Gasteiger partial charge on any atom is 0.315 e. The van der Waals surface area contributed by atoms with Gasteiger partial charge in [0, 0.05) is 32.1 Å². The molecular weight excluding hydrogens is 360 g/mol. The number of carbonyl (C=O) groups excluding carboxylic acids is 4. The number of Topliss-reactive ketones (excluding diaryl/α,β-unsaturated/α-hetero) is 1. The van der Waals surface area contributed by atoms with Gasteiger partial charge < -0.3 is 21.3 Å². The van der Waals surface area contributed by atoms with Crippen LogP contribution in [-0.2, 0) is 14.4 Å². The zero-order chi connectivity index (χ0) is 21.1. The summed E-state index contributed by atoms with van der Waals surface area (Å²) in [5.74, 6) is -1.12. The Hall–Kier alpha value is -2.64. The van der Waals surface area contributed by atoms with Gasteiger partial charge in [-0.25, -0.2) is 4.79 Å². The molecule has 0 saturated heterocycles. The molecule has 0 bridgehead atoms. The lowest BCUT2D eigenvalue weighted by Crippen LogP contribution is -2.46. The molecule has 1 unspecified atom stereocenters. The lowest BCUT2D eigenvalue weighted by atomic mass is 9.92. The van der Waals surface area contributed by atoms with Crippen molar-refractivity contribution in [1.29, 1.82) is 0 Å². The average Bonchev–Trinajstić information content (AvgIpc) is 2.62. The SMILES string of the molecule is CNC(=O)NC(CC(C)C)C(=O)C[C@H]1/C=C/CCNC(=O)/C=C/[C@H](C)NC1=O. The Morgan fingerprint density at radius 3 is 2.61 bits per heavy atom. The summed E-state index contributed by atoms with van der Waals surface area (Å²) >= 11 is 0.